The molecular formula is C15H21F2N. The molecule has 0 bridgehead atoms. The summed E-state index contributed by atoms with van der Waals surface area (Å²) >= 11 is 0. The van der Waals surface area contributed by atoms with E-state index in [0.717, 1.165) is 12.5 Å². The highest BCUT2D eigenvalue weighted by Gasteiger charge is 2.35. The van der Waals surface area contributed by atoms with E-state index in [1.54, 1.807) is 0 Å². The molecule has 3 heteroatoms. The van der Waals surface area contributed by atoms with E-state index in [0.29, 0.717) is 11.6 Å². The Balaban J connectivity index is 2.10. The number of hydrogen-bond donors (Lipinski definition) is 1. The molecule has 0 heterocycles. The quantitative estimate of drug-likeness (QED) is 0.851. The van der Waals surface area contributed by atoms with Crippen molar-refractivity contribution in [3.8, 4) is 0 Å². The number of hydrogen-bond acceptors (Lipinski definition) is 1. The highest BCUT2D eigenvalue weighted by Crippen LogP contribution is 2.38. The zero-order valence-electron chi connectivity index (χ0n) is 11.3. The van der Waals surface area contributed by atoms with Crippen LogP contribution in [0.2, 0.25) is 0 Å². The highest BCUT2D eigenvalue weighted by atomic mass is 19.1. The van der Waals surface area contributed by atoms with Crippen LogP contribution in [0.3, 0.4) is 0 Å². The Morgan fingerprint density at radius 2 is 2.06 bits per heavy atom. The maximum absolute atomic E-state index is 13.7. The van der Waals surface area contributed by atoms with Crippen molar-refractivity contribution in [3.05, 3.63) is 35.4 Å². The molecule has 0 aliphatic heterocycles. The highest BCUT2D eigenvalue weighted by molar-refractivity contribution is 5.22. The van der Waals surface area contributed by atoms with Crippen LogP contribution in [0.1, 0.15) is 51.6 Å². The zero-order chi connectivity index (χ0) is 13.3. The number of benzene rings is 1. The molecule has 2 unspecified atom stereocenters. The van der Waals surface area contributed by atoms with Gasteiger partial charge in [-0.2, -0.15) is 0 Å². The minimum atomic E-state index is -0.523. The molecule has 0 spiro atoms. The maximum Gasteiger partial charge on any atom is 0.130 e. The Labute approximate surface area is 108 Å². The van der Waals surface area contributed by atoms with Gasteiger partial charge < -0.3 is 5.32 Å². The Bertz CT molecular complexity index is 429. The van der Waals surface area contributed by atoms with Crippen LogP contribution in [-0.2, 0) is 0 Å². The molecule has 1 nitrogen and oxygen atoms in total. The summed E-state index contributed by atoms with van der Waals surface area (Å²) in [7, 11) is 0. The van der Waals surface area contributed by atoms with Crippen molar-refractivity contribution in [2.75, 3.05) is 0 Å². The smallest absolute Gasteiger partial charge is 0.130 e. The van der Waals surface area contributed by atoms with Crippen LogP contribution in [0.25, 0.3) is 0 Å². The second kappa shape index (κ2) is 4.96. The molecule has 1 aliphatic carbocycles. The SMILES string of the molecule is CC(NC1CCCC1(C)C)c1ccc(F)cc1F. The van der Waals surface area contributed by atoms with Gasteiger partial charge in [0.15, 0.2) is 0 Å². The van der Waals surface area contributed by atoms with Gasteiger partial charge in [-0.05, 0) is 31.2 Å². The third-order valence-corrected chi connectivity index (χ3v) is 4.14. The van der Waals surface area contributed by atoms with E-state index >= 15 is 0 Å². The summed E-state index contributed by atoms with van der Waals surface area (Å²) < 4.78 is 26.6. The first kappa shape index (κ1) is 13.5. The predicted molar refractivity (Wildman–Crippen MR) is 69.3 cm³/mol. The lowest BCUT2D eigenvalue weighted by Gasteiger charge is -2.31. The molecule has 0 aromatic heterocycles. The summed E-state index contributed by atoms with van der Waals surface area (Å²) in [6.07, 6.45) is 3.53. The van der Waals surface area contributed by atoms with Crippen molar-refractivity contribution in [2.24, 2.45) is 5.41 Å². The van der Waals surface area contributed by atoms with E-state index in [1.165, 1.54) is 25.0 Å². The van der Waals surface area contributed by atoms with E-state index in [4.69, 9.17) is 0 Å². The molecule has 0 radical (unpaired) electrons. The number of halogens is 2. The van der Waals surface area contributed by atoms with E-state index in [2.05, 4.69) is 19.2 Å². The summed E-state index contributed by atoms with van der Waals surface area (Å²) in [4.78, 5) is 0. The van der Waals surface area contributed by atoms with Gasteiger partial charge in [-0.25, -0.2) is 8.78 Å². The number of nitrogens with one attached hydrogen (secondary N) is 1. The van der Waals surface area contributed by atoms with Crippen molar-refractivity contribution in [3.63, 3.8) is 0 Å². The van der Waals surface area contributed by atoms with E-state index in [-0.39, 0.29) is 11.5 Å². The van der Waals surface area contributed by atoms with Crippen LogP contribution in [0.15, 0.2) is 18.2 Å². The van der Waals surface area contributed by atoms with Crippen LogP contribution in [0.4, 0.5) is 8.78 Å². The standard InChI is InChI=1S/C15H21F2N/c1-10(12-7-6-11(16)9-13(12)17)18-14-5-4-8-15(14,2)3/h6-7,9-10,14,18H,4-5,8H2,1-3H3. The molecule has 18 heavy (non-hydrogen) atoms. The van der Waals surface area contributed by atoms with Crippen molar-refractivity contribution < 1.29 is 8.78 Å². The van der Waals surface area contributed by atoms with E-state index < -0.39 is 11.6 Å². The van der Waals surface area contributed by atoms with Crippen LogP contribution in [-0.4, -0.2) is 6.04 Å². The average Bonchev–Trinajstić information content (AvgIpc) is 2.58. The molecule has 1 N–H and O–H groups in total. The van der Waals surface area contributed by atoms with Gasteiger partial charge in [-0.3, -0.25) is 0 Å². The van der Waals surface area contributed by atoms with Crippen LogP contribution in [0.5, 0.6) is 0 Å². The topological polar surface area (TPSA) is 12.0 Å². The molecule has 1 fully saturated rings. The van der Waals surface area contributed by atoms with Gasteiger partial charge in [0.05, 0.1) is 0 Å². The second-order valence-corrected chi connectivity index (χ2v) is 5.99. The first-order valence-electron chi connectivity index (χ1n) is 6.61. The zero-order valence-corrected chi connectivity index (χ0v) is 11.3. The first-order chi connectivity index (χ1) is 8.40. The van der Waals surface area contributed by atoms with Crippen LogP contribution < -0.4 is 5.32 Å². The van der Waals surface area contributed by atoms with Gasteiger partial charge in [0.2, 0.25) is 0 Å². The molecule has 0 saturated heterocycles. The van der Waals surface area contributed by atoms with Crippen molar-refractivity contribution in [1.82, 2.24) is 5.32 Å². The average molecular weight is 253 g/mol. The largest absolute Gasteiger partial charge is 0.307 e. The Morgan fingerprint density at radius 1 is 1.33 bits per heavy atom. The molecule has 1 aromatic rings. The Hall–Kier alpha value is -0.960. The molecular weight excluding hydrogens is 232 g/mol. The van der Waals surface area contributed by atoms with E-state index in [9.17, 15) is 8.78 Å². The van der Waals surface area contributed by atoms with E-state index in [1.807, 2.05) is 6.92 Å². The monoisotopic (exact) mass is 253 g/mol. The lowest BCUT2D eigenvalue weighted by Crippen LogP contribution is -2.39. The lowest BCUT2D eigenvalue weighted by molar-refractivity contribution is 0.265. The predicted octanol–water partition coefficient (Wildman–Crippen LogP) is 4.19. The minimum absolute atomic E-state index is 0.0898. The molecule has 2 rings (SSSR count). The summed E-state index contributed by atoms with van der Waals surface area (Å²) in [6.45, 7) is 6.42. The molecule has 1 saturated carbocycles. The normalized spacial score (nSPS) is 24.2. The summed E-state index contributed by atoms with van der Waals surface area (Å²) in [5.74, 6) is -0.990. The van der Waals surface area contributed by atoms with Gasteiger partial charge in [0, 0.05) is 23.7 Å². The Morgan fingerprint density at radius 3 is 2.61 bits per heavy atom. The van der Waals surface area contributed by atoms with Gasteiger partial charge in [0.1, 0.15) is 11.6 Å². The summed E-state index contributed by atoms with van der Waals surface area (Å²) in [6, 6.07) is 4.11. The summed E-state index contributed by atoms with van der Waals surface area (Å²) in [5, 5.41) is 3.48. The summed E-state index contributed by atoms with van der Waals surface area (Å²) in [5.41, 5.74) is 0.796. The van der Waals surface area contributed by atoms with Gasteiger partial charge in [0.25, 0.3) is 0 Å². The first-order valence-corrected chi connectivity index (χ1v) is 6.61. The fourth-order valence-electron chi connectivity index (χ4n) is 2.88. The third kappa shape index (κ3) is 2.72. The molecule has 100 valence electrons. The van der Waals surface area contributed by atoms with Crippen LogP contribution in [0, 0.1) is 17.0 Å². The maximum atomic E-state index is 13.7. The fraction of sp³-hybridized carbons (Fsp3) is 0.600. The lowest BCUT2D eigenvalue weighted by atomic mass is 9.86. The van der Waals surface area contributed by atoms with Gasteiger partial charge in [-0.1, -0.05) is 26.3 Å². The number of rotatable bonds is 3. The van der Waals surface area contributed by atoms with Gasteiger partial charge in [-0.15, -0.1) is 0 Å². The third-order valence-electron chi connectivity index (χ3n) is 4.14. The molecule has 1 aliphatic rings. The van der Waals surface area contributed by atoms with Crippen molar-refractivity contribution >= 4 is 0 Å². The van der Waals surface area contributed by atoms with Gasteiger partial charge >= 0.3 is 0 Å². The molecule has 1 aromatic carbocycles. The van der Waals surface area contributed by atoms with Crippen molar-refractivity contribution in [1.29, 1.82) is 0 Å². The van der Waals surface area contributed by atoms with Crippen molar-refractivity contribution in [2.45, 2.75) is 52.1 Å². The van der Waals surface area contributed by atoms with Crippen LogP contribution >= 0.6 is 0 Å². The Kier molecular flexibility index (Phi) is 3.71. The minimum Gasteiger partial charge on any atom is -0.307 e. The fourth-order valence-corrected chi connectivity index (χ4v) is 2.88. The molecule has 2 atom stereocenters. The second-order valence-electron chi connectivity index (χ2n) is 5.99. The molecule has 0 amide bonds.